The number of carbonyl (C=O) groups excluding carboxylic acids is 2. The number of hydrogen-bond acceptors (Lipinski definition) is 4. The minimum atomic E-state index is -0.107. The maximum Gasteiger partial charge on any atom is 0.309 e. The third-order valence-corrected chi connectivity index (χ3v) is 4.61. The van der Waals surface area contributed by atoms with Gasteiger partial charge >= 0.3 is 5.97 Å². The lowest BCUT2D eigenvalue weighted by atomic mass is 9.95. The van der Waals surface area contributed by atoms with Gasteiger partial charge in [0, 0.05) is 19.1 Å². The number of carbonyl (C=O) groups is 2. The quantitative estimate of drug-likeness (QED) is 0.785. The molecule has 1 saturated heterocycles. The topological polar surface area (TPSA) is 58.6 Å². The highest BCUT2D eigenvalue weighted by Crippen LogP contribution is 2.19. The Hall–Kier alpha value is -1.10. The average molecular weight is 296 g/mol. The van der Waals surface area contributed by atoms with E-state index in [4.69, 9.17) is 4.74 Å². The van der Waals surface area contributed by atoms with Crippen molar-refractivity contribution < 1.29 is 14.3 Å². The van der Waals surface area contributed by atoms with Crippen LogP contribution in [0.4, 0.5) is 0 Å². The second kappa shape index (κ2) is 8.37. The lowest BCUT2D eigenvalue weighted by molar-refractivity contribution is -0.151. The molecule has 0 aromatic heterocycles. The summed E-state index contributed by atoms with van der Waals surface area (Å²) in [5, 5.41) is 3.39. The summed E-state index contributed by atoms with van der Waals surface area (Å²) < 4.78 is 5.05. The van der Waals surface area contributed by atoms with E-state index in [0.717, 1.165) is 12.8 Å². The molecule has 2 fully saturated rings. The molecule has 21 heavy (non-hydrogen) atoms. The summed E-state index contributed by atoms with van der Waals surface area (Å²) in [6.07, 6.45) is 7.72. The van der Waals surface area contributed by atoms with Crippen LogP contribution in [0.5, 0.6) is 0 Å². The molecular weight excluding hydrogens is 268 g/mol. The lowest BCUT2D eigenvalue weighted by Crippen LogP contribution is -2.46. The van der Waals surface area contributed by atoms with E-state index < -0.39 is 0 Å². The van der Waals surface area contributed by atoms with Crippen molar-refractivity contribution in [2.24, 2.45) is 5.92 Å². The first kappa shape index (κ1) is 16.3. The molecule has 0 unspecified atom stereocenters. The smallest absolute Gasteiger partial charge is 0.309 e. The molecule has 1 aliphatic carbocycles. The molecule has 1 saturated carbocycles. The van der Waals surface area contributed by atoms with Crippen molar-refractivity contribution in [2.75, 3.05) is 26.2 Å². The molecule has 120 valence electrons. The van der Waals surface area contributed by atoms with Crippen molar-refractivity contribution in [1.29, 1.82) is 0 Å². The van der Waals surface area contributed by atoms with Gasteiger partial charge in [-0.1, -0.05) is 19.3 Å². The van der Waals surface area contributed by atoms with Gasteiger partial charge in [0.25, 0.3) is 0 Å². The molecule has 1 aliphatic heterocycles. The Balaban J connectivity index is 1.66. The Morgan fingerprint density at radius 2 is 1.76 bits per heavy atom. The first-order valence-electron chi connectivity index (χ1n) is 8.38. The van der Waals surface area contributed by atoms with E-state index in [9.17, 15) is 9.59 Å². The number of ether oxygens (including phenoxy) is 1. The Morgan fingerprint density at radius 3 is 2.38 bits per heavy atom. The van der Waals surface area contributed by atoms with Crippen molar-refractivity contribution in [1.82, 2.24) is 10.2 Å². The second-order valence-electron chi connectivity index (χ2n) is 6.12. The Morgan fingerprint density at radius 1 is 1.10 bits per heavy atom. The monoisotopic (exact) mass is 296 g/mol. The van der Waals surface area contributed by atoms with Crippen LogP contribution in [0.2, 0.25) is 0 Å². The van der Waals surface area contributed by atoms with Crippen LogP contribution in [0, 0.1) is 5.92 Å². The Bertz CT molecular complexity index is 345. The second-order valence-corrected chi connectivity index (χ2v) is 6.12. The maximum absolute atomic E-state index is 12.2. The van der Waals surface area contributed by atoms with E-state index in [1.54, 1.807) is 0 Å². The predicted octanol–water partition coefficient (Wildman–Crippen LogP) is 1.71. The largest absolute Gasteiger partial charge is 0.466 e. The van der Waals surface area contributed by atoms with Crippen LogP contribution in [-0.4, -0.2) is 49.1 Å². The molecule has 0 bridgehead atoms. The van der Waals surface area contributed by atoms with Crippen LogP contribution in [0.1, 0.15) is 51.9 Å². The number of amides is 1. The average Bonchev–Trinajstić information content (AvgIpc) is 2.54. The fraction of sp³-hybridized carbons (Fsp3) is 0.875. The van der Waals surface area contributed by atoms with Gasteiger partial charge in [-0.25, -0.2) is 0 Å². The van der Waals surface area contributed by atoms with Gasteiger partial charge in [-0.3, -0.25) is 9.59 Å². The molecule has 1 amide bonds. The number of piperidine rings is 1. The van der Waals surface area contributed by atoms with Crippen LogP contribution in [-0.2, 0) is 14.3 Å². The third-order valence-electron chi connectivity index (χ3n) is 4.61. The summed E-state index contributed by atoms with van der Waals surface area (Å²) in [6.45, 7) is 4.05. The number of hydrogen-bond donors (Lipinski definition) is 1. The highest BCUT2D eigenvalue weighted by Gasteiger charge is 2.28. The van der Waals surface area contributed by atoms with Crippen molar-refractivity contribution in [3.8, 4) is 0 Å². The summed E-state index contributed by atoms with van der Waals surface area (Å²) in [5.41, 5.74) is 0. The van der Waals surface area contributed by atoms with Crippen LogP contribution in [0.3, 0.4) is 0 Å². The lowest BCUT2D eigenvalue weighted by Gasteiger charge is -2.32. The predicted molar refractivity (Wildman–Crippen MR) is 80.8 cm³/mol. The Labute approximate surface area is 127 Å². The molecule has 2 aliphatic rings. The van der Waals surface area contributed by atoms with Crippen LogP contribution >= 0.6 is 0 Å². The molecule has 1 heterocycles. The number of nitrogens with one attached hydrogen (secondary N) is 1. The number of esters is 1. The van der Waals surface area contributed by atoms with Gasteiger partial charge in [0.2, 0.25) is 5.91 Å². The normalized spacial score (nSPS) is 21.3. The molecule has 0 spiro atoms. The van der Waals surface area contributed by atoms with Gasteiger partial charge in [-0.2, -0.15) is 0 Å². The van der Waals surface area contributed by atoms with Crippen LogP contribution in [0.15, 0.2) is 0 Å². The zero-order valence-electron chi connectivity index (χ0n) is 13.1. The summed E-state index contributed by atoms with van der Waals surface area (Å²) in [4.78, 5) is 25.7. The minimum absolute atomic E-state index is 0.0275. The molecule has 5 nitrogen and oxygen atoms in total. The molecular formula is C16H28N2O3. The van der Waals surface area contributed by atoms with Crippen molar-refractivity contribution in [3.05, 3.63) is 0 Å². The van der Waals surface area contributed by atoms with E-state index in [-0.39, 0.29) is 17.8 Å². The Kier molecular flexibility index (Phi) is 6.49. The minimum Gasteiger partial charge on any atom is -0.466 e. The third kappa shape index (κ3) is 4.99. The van der Waals surface area contributed by atoms with Gasteiger partial charge in [0.15, 0.2) is 0 Å². The highest BCUT2D eigenvalue weighted by atomic mass is 16.5. The van der Waals surface area contributed by atoms with E-state index in [2.05, 4.69) is 5.32 Å². The molecule has 2 rings (SSSR count). The van der Waals surface area contributed by atoms with E-state index in [1.165, 1.54) is 32.1 Å². The standard InChI is InChI=1S/C16H28N2O3/c1-2-21-16(20)13-8-10-18(11-9-13)15(19)12-17-14-6-4-3-5-7-14/h13-14,17H,2-12H2,1H3. The van der Waals surface area contributed by atoms with E-state index in [0.29, 0.717) is 32.3 Å². The highest BCUT2D eigenvalue weighted by molar-refractivity contribution is 5.79. The summed E-state index contributed by atoms with van der Waals surface area (Å²) >= 11 is 0. The van der Waals surface area contributed by atoms with Gasteiger partial charge < -0.3 is 15.0 Å². The van der Waals surface area contributed by atoms with E-state index >= 15 is 0 Å². The number of nitrogens with zero attached hydrogens (tertiary/aromatic N) is 1. The molecule has 0 aromatic rings. The number of likely N-dealkylation sites (tertiary alicyclic amines) is 1. The fourth-order valence-electron chi connectivity index (χ4n) is 3.27. The molecule has 5 heteroatoms. The zero-order chi connectivity index (χ0) is 15.1. The van der Waals surface area contributed by atoms with Gasteiger partial charge in [-0.05, 0) is 32.6 Å². The van der Waals surface area contributed by atoms with Crippen molar-refractivity contribution >= 4 is 11.9 Å². The SMILES string of the molecule is CCOC(=O)C1CCN(C(=O)CNC2CCCCC2)CC1. The van der Waals surface area contributed by atoms with Gasteiger partial charge in [0.05, 0.1) is 19.1 Å². The fourth-order valence-corrected chi connectivity index (χ4v) is 3.27. The zero-order valence-corrected chi connectivity index (χ0v) is 13.1. The molecule has 0 radical (unpaired) electrons. The van der Waals surface area contributed by atoms with E-state index in [1.807, 2.05) is 11.8 Å². The first-order chi connectivity index (χ1) is 10.2. The van der Waals surface area contributed by atoms with Crippen LogP contribution < -0.4 is 5.32 Å². The summed E-state index contributed by atoms with van der Waals surface area (Å²) in [5.74, 6) is 0.0353. The summed E-state index contributed by atoms with van der Waals surface area (Å²) in [7, 11) is 0. The molecule has 0 atom stereocenters. The van der Waals surface area contributed by atoms with Crippen molar-refractivity contribution in [3.63, 3.8) is 0 Å². The van der Waals surface area contributed by atoms with Crippen LogP contribution in [0.25, 0.3) is 0 Å². The molecule has 1 N–H and O–H groups in total. The number of rotatable bonds is 5. The summed E-state index contributed by atoms with van der Waals surface area (Å²) in [6, 6.07) is 0.514. The molecule has 0 aromatic carbocycles. The maximum atomic E-state index is 12.2. The van der Waals surface area contributed by atoms with Crippen molar-refractivity contribution in [2.45, 2.75) is 57.9 Å². The first-order valence-corrected chi connectivity index (χ1v) is 8.38. The van der Waals surface area contributed by atoms with Gasteiger partial charge in [0.1, 0.15) is 0 Å². The van der Waals surface area contributed by atoms with Gasteiger partial charge in [-0.15, -0.1) is 0 Å².